The van der Waals surface area contributed by atoms with Crippen molar-refractivity contribution in [2.24, 2.45) is 5.92 Å². The maximum Gasteiger partial charge on any atom is 0.227 e. The van der Waals surface area contributed by atoms with Gasteiger partial charge in [0, 0.05) is 19.0 Å². The van der Waals surface area contributed by atoms with Gasteiger partial charge in [0.2, 0.25) is 11.8 Å². The first-order valence-electron chi connectivity index (χ1n) is 7.86. The predicted octanol–water partition coefficient (Wildman–Crippen LogP) is 1.01. The van der Waals surface area contributed by atoms with Crippen molar-refractivity contribution in [3.05, 3.63) is 29.8 Å². The topological polar surface area (TPSA) is 83.6 Å². The number of amides is 2. The smallest absolute Gasteiger partial charge is 0.227 e. The number of anilines is 1. The van der Waals surface area contributed by atoms with Crippen LogP contribution in [-0.2, 0) is 19.4 Å². The fourth-order valence-electron chi connectivity index (χ4n) is 3.32. The lowest BCUT2D eigenvalue weighted by Gasteiger charge is -2.25. The van der Waals surface area contributed by atoms with Gasteiger partial charge < -0.3 is 10.2 Å². The normalized spacial score (nSPS) is 28.4. The Morgan fingerprint density at radius 2 is 2.08 bits per heavy atom. The molecule has 136 valence electrons. The maximum absolute atomic E-state index is 13.9. The predicted molar refractivity (Wildman–Crippen MR) is 86.6 cm³/mol. The molecular formula is C16H18F2N2O4S. The number of rotatable bonds is 3. The Labute approximate surface area is 144 Å². The minimum Gasteiger partial charge on any atom is -0.350 e. The van der Waals surface area contributed by atoms with Gasteiger partial charge in [-0.05, 0) is 25.5 Å². The molecule has 9 heteroatoms. The molecule has 2 unspecified atom stereocenters. The summed E-state index contributed by atoms with van der Waals surface area (Å²) in [5.74, 6) is -3.33. The first kappa shape index (κ1) is 17.8. The highest BCUT2D eigenvalue weighted by atomic mass is 32.2. The quantitative estimate of drug-likeness (QED) is 0.858. The molecule has 0 aromatic heterocycles. The first-order valence-corrected chi connectivity index (χ1v) is 9.69. The first-order chi connectivity index (χ1) is 11.6. The van der Waals surface area contributed by atoms with Crippen LogP contribution in [0.3, 0.4) is 0 Å². The third-order valence-electron chi connectivity index (χ3n) is 4.62. The van der Waals surface area contributed by atoms with Crippen molar-refractivity contribution in [2.45, 2.75) is 25.3 Å². The van der Waals surface area contributed by atoms with E-state index in [0.29, 0.717) is 12.5 Å². The molecule has 6 nitrogen and oxygen atoms in total. The van der Waals surface area contributed by atoms with Crippen molar-refractivity contribution < 1.29 is 26.8 Å². The molecule has 25 heavy (non-hydrogen) atoms. The maximum atomic E-state index is 13.9. The Hall–Kier alpha value is -2.03. The van der Waals surface area contributed by atoms with E-state index in [-0.39, 0.29) is 30.2 Å². The van der Waals surface area contributed by atoms with Gasteiger partial charge in [-0.15, -0.1) is 0 Å². The number of carbonyl (C=O) groups excluding carboxylic acids is 2. The van der Waals surface area contributed by atoms with Crippen molar-refractivity contribution in [2.75, 3.05) is 23.0 Å². The number of hydrogen-bond acceptors (Lipinski definition) is 4. The van der Waals surface area contributed by atoms with Crippen molar-refractivity contribution in [3.8, 4) is 0 Å². The molecule has 0 radical (unpaired) electrons. The van der Waals surface area contributed by atoms with E-state index in [0.717, 1.165) is 17.0 Å². The third kappa shape index (κ3) is 3.65. The lowest BCUT2D eigenvalue weighted by molar-refractivity contribution is -0.127. The van der Waals surface area contributed by atoms with Crippen LogP contribution >= 0.6 is 0 Å². The molecule has 2 saturated heterocycles. The number of nitrogens with zero attached hydrogens (tertiary/aromatic N) is 1. The summed E-state index contributed by atoms with van der Waals surface area (Å²) in [6.45, 7) is 1.62. The Bertz CT molecular complexity index is 843. The van der Waals surface area contributed by atoms with Gasteiger partial charge in [0.25, 0.3) is 0 Å². The summed E-state index contributed by atoms with van der Waals surface area (Å²) in [5.41, 5.74) is -0.926. The Morgan fingerprint density at radius 1 is 1.36 bits per heavy atom. The fourth-order valence-corrected chi connectivity index (χ4v) is 5.42. The van der Waals surface area contributed by atoms with Crippen molar-refractivity contribution >= 4 is 27.3 Å². The van der Waals surface area contributed by atoms with Crippen LogP contribution in [-0.4, -0.2) is 43.8 Å². The van der Waals surface area contributed by atoms with E-state index >= 15 is 0 Å². The molecule has 0 spiro atoms. The van der Waals surface area contributed by atoms with E-state index in [1.165, 1.54) is 0 Å². The summed E-state index contributed by atoms with van der Waals surface area (Å²) in [6.07, 6.45) is 0.212. The monoisotopic (exact) mass is 372 g/mol. The molecule has 2 aliphatic rings. The van der Waals surface area contributed by atoms with E-state index in [1.807, 2.05) is 0 Å². The molecular weight excluding hydrogens is 354 g/mol. The van der Waals surface area contributed by atoms with Crippen LogP contribution < -0.4 is 10.2 Å². The van der Waals surface area contributed by atoms with Gasteiger partial charge in [0.05, 0.1) is 28.6 Å². The largest absolute Gasteiger partial charge is 0.350 e. The van der Waals surface area contributed by atoms with Crippen LogP contribution in [0.4, 0.5) is 14.5 Å². The number of hydrogen-bond donors (Lipinski definition) is 1. The number of nitrogens with one attached hydrogen (secondary N) is 1. The van der Waals surface area contributed by atoms with Crippen molar-refractivity contribution in [1.82, 2.24) is 5.32 Å². The highest BCUT2D eigenvalue weighted by Crippen LogP contribution is 2.29. The minimum absolute atomic E-state index is 0.0142. The second-order valence-corrected chi connectivity index (χ2v) is 9.08. The standard InChI is InChI=1S/C16H18F2N2O4S/c1-16(4-5-25(23,24)9-16)19-15(22)10-6-14(21)20(8-10)13-3-2-11(17)7-12(13)18/h2-3,7,10H,4-6,8-9H2,1H3,(H,19,22). The van der Waals surface area contributed by atoms with Crippen molar-refractivity contribution in [1.29, 1.82) is 0 Å². The van der Waals surface area contributed by atoms with E-state index in [4.69, 9.17) is 0 Å². The van der Waals surface area contributed by atoms with Gasteiger partial charge in [-0.2, -0.15) is 0 Å². The van der Waals surface area contributed by atoms with E-state index < -0.39 is 44.7 Å². The SMILES string of the molecule is CC1(NC(=O)C2CC(=O)N(c3ccc(F)cc3F)C2)CCS(=O)(=O)C1. The zero-order chi connectivity index (χ0) is 18.4. The molecule has 2 heterocycles. The lowest BCUT2D eigenvalue weighted by atomic mass is 9.99. The zero-order valence-electron chi connectivity index (χ0n) is 13.6. The van der Waals surface area contributed by atoms with E-state index in [9.17, 15) is 26.8 Å². The van der Waals surface area contributed by atoms with Crippen LogP contribution in [0.1, 0.15) is 19.8 Å². The Morgan fingerprint density at radius 3 is 2.68 bits per heavy atom. The summed E-state index contributed by atoms with van der Waals surface area (Å²) < 4.78 is 50.1. The summed E-state index contributed by atoms with van der Waals surface area (Å²) >= 11 is 0. The van der Waals surface area contributed by atoms with Crippen LogP contribution in [0.15, 0.2) is 18.2 Å². The molecule has 1 aromatic carbocycles. The molecule has 3 rings (SSSR count). The molecule has 2 aliphatic heterocycles. The summed E-state index contributed by atoms with van der Waals surface area (Å²) in [6, 6.07) is 2.89. The molecule has 2 atom stereocenters. The molecule has 2 amide bonds. The lowest BCUT2D eigenvalue weighted by Crippen LogP contribution is -2.49. The van der Waals surface area contributed by atoms with Gasteiger partial charge in [0.1, 0.15) is 11.6 Å². The highest BCUT2D eigenvalue weighted by molar-refractivity contribution is 7.91. The molecule has 1 N–H and O–H groups in total. The Balaban J connectivity index is 1.71. The van der Waals surface area contributed by atoms with Crippen LogP contribution in [0.25, 0.3) is 0 Å². The van der Waals surface area contributed by atoms with Gasteiger partial charge in [-0.25, -0.2) is 17.2 Å². The van der Waals surface area contributed by atoms with Crippen LogP contribution in [0.5, 0.6) is 0 Å². The van der Waals surface area contributed by atoms with Crippen LogP contribution in [0.2, 0.25) is 0 Å². The number of benzene rings is 1. The number of halogens is 2. The van der Waals surface area contributed by atoms with Gasteiger partial charge in [0.15, 0.2) is 9.84 Å². The summed E-state index contributed by atoms with van der Waals surface area (Å²) in [4.78, 5) is 25.7. The molecule has 0 bridgehead atoms. The molecule has 1 aromatic rings. The number of carbonyl (C=O) groups is 2. The van der Waals surface area contributed by atoms with Gasteiger partial charge in [-0.3, -0.25) is 9.59 Å². The average molecular weight is 372 g/mol. The summed E-state index contributed by atoms with van der Waals surface area (Å²) in [7, 11) is -3.17. The minimum atomic E-state index is -3.17. The molecule has 0 saturated carbocycles. The summed E-state index contributed by atoms with van der Waals surface area (Å²) in [5, 5.41) is 2.72. The average Bonchev–Trinajstić information content (AvgIpc) is 2.99. The third-order valence-corrected chi connectivity index (χ3v) is 6.53. The Kier molecular flexibility index (Phi) is 4.30. The van der Waals surface area contributed by atoms with E-state index in [2.05, 4.69) is 5.32 Å². The number of sulfone groups is 1. The highest BCUT2D eigenvalue weighted by Gasteiger charge is 2.43. The second-order valence-electron chi connectivity index (χ2n) is 6.89. The van der Waals surface area contributed by atoms with E-state index in [1.54, 1.807) is 6.92 Å². The molecule has 0 aliphatic carbocycles. The molecule has 2 fully saturated rings. The van der Waals surface area contributed by atoms with Crippen LogP contribution in [0, 0.1) is 17.6 Å². The van der Waals surface area contributed by atoms with Gasteiger partial charge >= 0.3 is 0 Å². The van der Waals surface area contributed by atoms with Crippen molar-refractivity contribution in [3.63, 3.8) is 0 Å². The van der Waals surface area contributed by atoms with Gasteiger partial charge in [-0.1, -0.05) is 0 Å². The zero-order valence-corrected chi connectivity index (χ0v) is 14.4. The fraction of sp³-hybridized carbons (Fsp3) is 0.500. The second kappa shape index (κ2) is 6.05.